The van der Waals surface area contributed by atoms with Crippen molar-refractivity contribution in [2.45, 2.75) is 26.7 Å². The number of benzene rings is 1. The zero-order chi connectivity index (χ0) is 14.8. The number of fused-ring (bicyclic) bond motifs is 1. The van der Waals surface area contributed by atoms with Crippen molar-refractivity contribution >= 4 is 44.7 Å². The minimum Gasteiger partial charge on any atom is -0.340 e. The highest BCUT2D eigenvalue weighted by Crippen LogP contribution is 2.31. The van der Waals surface area contributed by atoms with Crippen molar-refractivity contribution in [3.05, 3.63) is 46.1 Å². The molecule has 3 aromatic rings. The summed E-state index contributed by atoms with van der Waals surface area (Å²) < 4.78 is 0. The molecule has 1 aromatic carbocycles. The van der Waals surface area contributed by atoms with Gasteiger partial charge >= 0.3 is 0 Å². The monoisotopic (exact) mass is 317 g/mol. The predicted molar refractivity (Wildman–Crippen MR) is 90.9 cm³/mol. The van der Waals surface area contributed by atoms with E-state index in [1.54, 1.807) is 11.3 Å². The van der Waals surface area contributed by atoms with Crippen LogP contribution in [0.5, 0.6) is 0 Å². The van der Waals surface area contributed by atoms with Crippen LogP contribution in [0.25, 0.3) is 10.2 Å². The molecule has 108 valence electrons. The minimum atomic E-state index is 0.277. The Morgan fingerprint density at radius 1 is 1.10 bits per heavy atom. The van der Waals surface area contributed by atoms with Crippen molar-refractivity contribution < 1.29 is 0 Å². The Bertz CT molecular complexity index is 765. The van der Waals surface area contributed by atoms with Crippen LogP contribution in [-0.2, 0) is 12.8 Å². The minimum absolute atomic E-state index is 0.277. The van der Waals surface area contributed by atoms with E-state index in [0.29, 0.717) is 0 Å². The number of hydrogen-bond acceptors (Lipinski definition) is 4. The van der Waals surface area contributed by atoms with Gasteiger partial charge in [-0.25, -0.2) is 4.98 Å². The third-order valence-electron chi connectivity index (χ3n) is 3.39. The summed E-state index contributed by atoms with van der Waals surface area (Å²) >= 11 is 7.70. The molecular formula is C16H16ClN3S. The molecule has 3 rings (SSSR count). The van der Waals surface area contributed by atoms with Crippen LogP contribution >= 0.6 is 22.9 Å². The van der Waals surface area contributed by atoms with E-state index in [4.69, 9.17) is 11.6 Å². The molecule has 0 bridgehead atoms. The quantitative estimate of drug-likeness (QED) is 0.671. The largest absolute Gasteiger partial charge is 0.340 e. The number of rotatable bonds is 4. The van der Waals surface area contributed by atoms with Crippen LogP contribution in [0.4, 0.5) is 11.5 Å². The topological polar surface area (TPSA) is 37.8 Å². The molecule has 0 aliphatic heterocycles. The van der Waals surface area contributed by atoms with Gasteiger partial charge in [-0.15, -0.1) is 11.3 Å². The maximum Gasteiger partial charge on any atom is 0.225 e. The maximum atomic E-state index is 6.03. The number of aromatic nitrogens is 2. The van der Waals surface area contributed by atoms with Crippen molar-refractivity contribution in [2.24, 2.45) is 0 Å². The second kappa shape index (κ2) is 6.00. The number of halogens is 1. The summed E-state index contributed by atoms with van der Waals surface area (Å²) in [5.74, 6) is 0.769. The van der Waals surface area contributed by atoms with Crippen molar-refractivity contribution in [1.82, 2.24) is 9.97 Å². The van der Waals surface area contributed by atoms with Crippen LogP contribution < -0.4 is 5.32 Å². The maximum absolute atomic E-state index is 6.03. The average molecular weight is 318 g/mol. The van der Waals surface area contributed by atoms with Crippen molar-refractivity contribution in [1.29, 1.82) is 0 Å². The van der Waals surface area contributed by atoms with E-state index in [1.807, 2.05) is 0 Å². The second-order valence-corrected chi connectivity index (χ2v) is 6.26. The van der Waals surface area contributed by atoms with Gasteiger partial charge in [0.25, 0.3) is 0 Å². The molecule has 0 atom stereocenters. The number of aryl methyl sites for hydroxylation is 2. The van der Waals surface area contributed by atoms with Gasteiger partial charge in [0.2, 0.25) is 5.28 Å². The molecule has 3 nitrogen and oxygen atoms in total. The van der Waals surface area contributed by atoms with E-state index in [9.17, 15) is 0 Å². The van der Waals surface area contributed by atoms with E-state index in [2.05, 4.69) is 59.5 Å². The fourth-order valence-electron chi connectivity index (χ4n) is 2.18. The van der Waals surface area contributed by atoms with Crippen LogP contribution in [0.2, 0.25) is 5.28 Å². The first-order chi connectivity index (χ1) is 10.2. The predicted octanol–water partition coefficient (Wildman–Crippen LogP) is 5.21. The summed E-state index contributed by atoms with van der Waals surface area (Å²) in [7, 11) is 0. The van der Waals surface area contributed by atoms with Crippen molar-refractivity contribution in [3.8, 4) is 0 Å². The number of anilines is 2. The molecule has 0 fully saturated rings. The van der Waals surface area contributed by atoms with Gasteiger partial charge in [0, 0.05) is 10.6 Å². The van der Waals surface area contributed by atoms with Crippen molar-refractivity contribution in [3.63, 3.8) is 0 Å². The highest BCUT2D eigenvalue weighted by Gasteiger charge is 2.10. The van der Waals surface area contributed by atoms with Crippen LogP contribution in [-0.4, -0.2) is 9.97 Å². The van der Waals surface area contributed by atoms with Gasteiger partial charge < -0.3 is 5.32 Å². The van der Waals surface area contributed by atoms with Crippen LogP contribution in [0.1, 0.15) is 24.3 Å². The van der Waals surface area contributed by atoms with E-state index >= 15 is 0 Å². The summed E-state index contributed by atoms with van der Waals surface area (Å²) in [6.07, 6.45) is 2.03. The Labute approximate surface area is 133 Å². The lowest BCUT2D eigenvalue weighted by atomic mass is 10.1. The molecule has 0 unspecified atom stereocenters. The molecule has 0 saturated carbocycles. The smallest absolute Gasteiger partial charge is 0.225 e. The third kappa shape index (κ3) is 3.01. The summed E-state index contributed by atoms with van der Waals surface area (Å²) in [6.45, 7) is 4.28. The van der Waals surface area contributed by atoms with Gasteiger partial charge in [-0.2, -0.15) is 4.98 Å². The fourth-order valence-corrected chi connectivity index (χ4v) is 3.36. The van der Waals surface area contributed by atoms with Crippen LogP contribution in [0.3, 0.4) is 0 Å². The lowest BCUT2D eigenvalue weighted by Gasteiger charge is -2.07. The van der Waals surface area contributed by atoms with Crippen LogP contribution in [0.15, 0.2) is 30.3 Å². The zero-order valence-electron chi connectivity index (χ0n) is 12.0. The van der Waals surface area contributed by atoms with Gasteiger partial charge in [0.15, 0.2) is 0 Å². The number of hydrogen-bond donors (Lipinski definition) is 1. The van der Waals surface area contributed by atoms with Gasteiger partial charge in [-0.3, -0.25) is 0 Å². The van der Waals surface area contributed by atoms with E-state index in [0.717, 1.165) is 34.6 Å². The average Bonchev–Trinajstić information content (AvgIpc) is 2.91. The second-order valence-electron chi connectivity index (χ2n) is 4.80. The lowest BCUT2D eigenvalue weighted by Crippen LogP contribution is -1.96. The third-order valence-corrected chi connectivity index (χ3v) is 4.73. The molecule has 5 heteroatoms. The molecule has 0 amide bonds. The van der Waals surface area contributed by atoms with E-state index in [-0.39, 0.29) is 5.28 Å². The Balaban J connectivity index is 2.00. The lowest BCUT2D eigenvalue weighted by molar-refractivity contribution is 1.14. The summed E-state index contributed by atoms with van der Waals surface area (Å²) in [6, 6.07) is 10.5. The van der Waals surface area contributed by atoms with Crippen LogP contribution in [0, 0.1) is 0 Å². The van der Waals surface area contributed by atoms with E-state index < -0.39 is 0 Å². The summed E-state index contributed by atoms with van der Waals surface area (Å²) in [5, 5.41) is 4.65. The zero-order valence-corrected chi connectivity index (χ0v) is 13.6. The number of nitrogens with zero attached hydrogens (tertiary/aromatic N) is 2. The molecule has 0 aliphatic carbocycles. The molecule has 2 heterocycles. The summed E-state index contributed by atoms with van der Waals surface area (Å²) in [5.41, 5.74) is 2.32. The van der Waals surface area contributed by atoms with Crippen molar-refractivity contribution in [2.75, 3.05) is 5.32 Å². The molecule has 0 aliphatic rings. The highest BCUT2D eigenvalue weighted by molar-refractivity contribution is 7.18. The summed E-state index contributed by atoms with van der Waals surface area (Å²) in [4.78, 5) is 10.9. The highest BCUT2D eigenvalue weighted by atomic mass is 35.5. The molecular weight excluding hydrogens is 302 g/mol. The normalized spacial score (nSPS) is 11.0. The molecule has 0 spiro atoms. The molecule has 0 radical (unpaired) electrons. The first-order valence-corrected chi connectivity index (χ1v) is 8.21. The molecule has 21 heavy (non-hydrogen) atoms. The van der Waals surface area contributed by atoms with E-state index in [1.165, 1.54) is 10.4 Å². The fraction of sp³-hybridized carbons (Fsp3) is 0.250. The Hall–Kier alpha value is -1.65. The molecule has 2 aromatic heterocycles. The standard InChI is InChI=1S/C16H16ClN3S/c1-3-10-5-7-11(8-6-10)18-14-13-9-12(4-2)21-15(13)20-16(17)19-14/h5-9H,3-4H2,1-2H3,(H,18,19,20). The van der Waals surface area contributed by atoms with Gasteiger partial charge in [-0.1, -0.05) is 26.0 Å². The Morgan fingerprint density at radius 3 is 2.52 bits per heavy atom. The van der Waals surface area contributed by atoms with Gasteiger partial charge in [0.05, 0.1) is 5.39 Å². The van der Waals surface area contributed by atoms with Gasteiger partial charge in [0.1, 0.15) is 10.6 Å². The Morgan fingerprint density at radius 2 is 1.86 bits per heavy atom. The SMILES string of the molecule is CCc1ccc(Nc2nc(Cl)nc3sc(CC)cc23)cc1. The Kier molecular flexibility index (Phi) is 4.08. The number of thiophene rings is 1. The molecule has 1 N–H and O–H groups in total. The first kappa shape index (κ1) is 14.3. The number of nitrogens with one attached hydrogen (secondary N) is 1. The first-order valence-electron chi connectivity index (χ1n) is 7.01. The molecule has 0 saturated heterocycles. The van der Waals surface area contributed by atoms with Gasteiger partial charge in [-0.05, 0) is 48.2 Å².